The van der Waals surface area contributed by atoms with Crippen molar-refractivity contribution in [2.75, 3.05) is 39.5 Å². The molecule has 128 valence electrons. The van der Waals surface area contributed by atoms with Crippen LogP contribution in [0.15, 0.2) is 0 Å². The molecule has 22 heavy (non-hydrogen) atoms. The van der Waals surface area contributed by atoms with Gasteiger partial charge < -0.3 is 25.4 Å². The molecule has 8 nitrogen and oxygen atoms in total. The number of amides is 3. The van der Waals surface area contributed by atoms with Crippen LogP contribution in [0.5, 0.6) is 0 Å². The smallest absolute Gasteiger partial charge is 0.407 e. The standard InChI is InChI=1S/C14H27N3O5/c1-4-15-14(20)22-8-7-21-6-5-16-12(18)9-13(19)17-10-11(2)3/h11H,4-10H2,1-3H3,(H,15,20)(H,16,18)(H,17,19). The molecule has 8 heteroatoms. The summed E-state index contributed by atoms with van der Waals surface area (Å²) in [6.07, 6.45) is -0.667. The normalized spacial score (nSPS) is 10.2. The lowest BCUT2D eigenvalue weighted by atomic mass is 10.2. The molecule has 0 rings (SSSR count). The van der Waals surface area contributed by atoms with E-state index in [1.54, 1.807) is 6.92 Å². The molecule has 0 unspecified atom stereocenters. The molecule has 0 aromatic carbocycles. The fourth-order valence-corrected chi connectivity index (χ4v) is 1.34. The Balaban J connectivity index is 3.45. The van der Waals surface area contributed by atoms with Crippen molar-refractivity contribution >= 4 is 17.9 Å². The number of carbonyl (C=O) groups is 3. The Labute approximate surface area is 131 Å². The molecule has 0 aromatic heterocycles. The average molecular weight is 317 g/mol. The molecule has 0 heterocycles. The van der Waals surface area contributed by atoms with E-state index in [2.05, 4.69) is 16.0 Å². The zero-order valence-electron chi connectivity index (χ0n) is 13.6. The minimum atomic E-state index is -0.480. The van der Waals surface area contributed by atoms with E-state index in [9.17, 15) is 14.4 Å². The number of hydrogen-bond donors (Lipinski definition) is 3. The van der Waals surface area contributed by atoms with Gasteiger partial charge in [0.25, 0.3) is 0 Å². The summed E-state index contributed by atoms with van der Waals surface area (Å²) in [4.78, 5) is 33.8. The van der Waals surface area contributed by atoms with Crippen LogP contribution in [0.1, 0.15) is 27.2 Å². The van der Waals surface area contributed by atoms with Crippen molar-refractivity contribution in [1.82, 2.24) is 16.0 Å². The first-order valence-electron chi connectivity index (χ1n) is 7.47. The van der Waals surface area contributed by atoms with E-state index in [-0.39, 0.29) is 38.1 Å². The molecule has 0 fully saturated rings. The summed E-state index contributed by atoms with van der Waals surface area (Å²) in [6, 6.07) is 0. The van der Waals surface area contributed by atoms with E-state index < -0.39 is 6.09 Å². The van der Waals surface area contributed by atoms with E-state index in [1.807, 2.05) is 13.8 Å². The minimum absolute atomic E-state index is 0.150. The zero-order valence-corrected chi connectivity index (χ0v) is 13.6. The van der Waals surface area contributed by atoms with Gasteiger partial charge >= 0.3 is 6.09 Å². The van der Waals surface area contributed by atoms with Gasteiger partial charge in [-0.15, -0.1) is 0 Å². The summed E-state index contributed by atoms with van der Waals surface area (Å²) in [5.41, 5.74) is 0. The molecule has 0 saturated carbocycles. The third kappa shape index (κ3) is 13.2. The molecule has 0 aromatic rings. The van der Waals surface area contributed by atoms with Crippen LogP contribution in [0, 0.1) is 5.92 Å². The Kier molecular flexibility index (Phi) is 11.8. The molecule has 0 saturated heterocycles. The van der Waals surface area contributed by atoms with Crippen molar-refractivity contribution in [1.29, 1.82) is 0 Å². The van der Waals surface area contributed by atoms with Crippen molar-refractivity contribution in [2.45, 2.75) is 27.2 Å². The maximum Gasteiger partial charge on any atom is 0.407 e. The van der Waals surface area contributed by atoms with Gasteiger partial charge in [-0.3, -0.25) is 9.59 Å². The number of rotatable bonds is 11. The van der Waals surface area contributed by atoms with Crippen LogP contribution >= 0.6 is 0 Å². The highest BCUT2D eigenvalue weighted by Crippen LogP contribution is 1.88. The molecule has 3 amide bonds. The van der Waals surface area contributed by atoms with Gasteiger partial charge in [0.15, 0.2) is 0 Å². The van der Waals surface area contributed by atoms with Gasteiger partial charge in [0, 0.05) is 19.6 Å². The second-order valence-electron chi connectivity index (χ2n) is 5.00. The molecule has 0 atom stereocenters. The van der Waals surface area contributed by atoms with Crippen LogP contribution in [0.3, 0.4) is 0 Å². The van der Waals surface area contributed by atoms with Crippen molar-refractivity contribution in [3.8, 4) is 0 Å². The summed E-state index contributed by atoms with van der Waals surface area (Å²) < 4.78 is 9.97. The Bertz CT molecular complexity index is 347. The topological polar surface area (TPSA) is 106 Å². The molecule has 0 bridgehead atoms. The lowest BCUT2D eigenvalue weighted by molar-refractivity contribution is -0.129. The van der Waals surface area contributed by atoms with Crippen LogP contribution in [0.2, 0.25) is 0 Å². The Morgan fingerprint density at radius 1 is 0.955 bits per heavy atom. The van der Waals surface area contributed by atoms with E-state index in [4.69, 9.17) is 9.47 Å². The van der Waals surface area contributed by atoms with Crippen molar-refractivity contribution in [2.24, 2.45) is 5.92 Å². The highest BCUT2D eigenvalue weighted by atomic mass is 16.6. The molecular formula is C14H27N3O5. The summed E-state index contributed by atoms with van der Waals surface area (Å²) in [7, 11) is 0. The van der Waals surface area contributed by atoms with Gasteiger partial charge in [-0.25, -0.2) is 4.79 Å². The third-order valence-corrected chi connectivity index (χ3v) is 2.38. The van der Waals surface area contributed by atoms with Gasteiger partial charge in [-0.2, -0.15) is 0 Å². The van der Waals surface area contributed by atoms with Crippen LogP contribution in [-0.2, 0) is 19.1 Å². The number of hydrogen-bond acceptors (Lipinski definition) is 5. The number of alkyl carbamates (subject to hydrolysis) is 1. The SMILES string of the molecule is CCNC(=O)OCCOCCNC(=O)CC(=O)NCC(C)C. The van der Waals surface area contributed by atoms with Crippen LogP contribution < -0.4 is 16.0 Å². The lowest BCUT2D eigenvalue weighted by Gasteiger charge is -2.09. The maximum absolute atomic E-state index is 11.4. The Morgan fingerprint density at radius 3 is 2.27 bits per heavy atom. The summed E-state index contributed by atoms with van der Waals surface area (Å²) in [6.45, 7) is 7.82. The molecule has 0 spiro atoms. The van der Waals surface area contributed by atoms with E-state index in [0.717, 1.165) is 0 Å². The number of carbonyl (C=O) groups excluding carboxylic acids is 3. The number of nitrogens with one attached hydrogen (secondary N) is 3. The number of ether oxygens (including phenoxy) is 2. The molecule has 0 aliphatic carbocycles. The predicted octanol–water partition coefficient (Wildman–Crippen LogP) is 0.0276. The summed E-state index contributed by atoms with van der Waals surface area (Å²) in [5.74, 6) is -0.284. The van der Waals surface area contributed by atoms with Crippen molar-refractivity contribution in [3.05, 3.63) is 0 Å². The highest BCUT2D eigenvalue weighted by Gasteiger charge is 2.08. The van der Waals surface area contributed by atoms with Crippen LogP contribution in [-0.4, -0.2) is 57.4 Å². The quantitative estimate of drug-likeness (QED) is 0.368. The lowest BCUT2D eigenvalue weighted by Crippen LogP contribution is -2.35. The first-order chi connectivity index (χ1) is 10.5. The maximum atomic E-state index is 11.4. The largest absolute Gasteiger partial charge is 0.447 e. The van der Waals surface area contributed by atoms with Crippen molar-refractivity contribution in [3.63, 3.8) is 0 Å². The van der Waals surface area contributed by atoms with Gasteiger partial charge in [0.2, 0.25) is 11.8 Å². The Hall–Kier alpha value is -1.83. The molecule has 0 aliphatic rings. The van der Waals surface area contributed by atoms with E-state index in [1.165, 1.54) is 0 Å². The van der Waals surface area contributed by atoms with E-state index in [0.29, 0.717) is 25.6 Å². The highest BCUT2D eigenvalue weighted by molar-refractivity contribution is 5.96. The molecule has 0 radical (unpaired) electrons. The fraction of sp³-hybridized carbons (Fsp3) is 0.786. The average Bonchev–Trinajstić information content (AvgIpc) is 2.44. The molecule has 0 aliphatic heterocycles. The van der Waals surface area contributed by atoms with Crippen molar-refractivity contribution < 1.29 is 23.9 Å². The first-order valence-corrected chi connectivity index (χ1v) is 7.47. The third-order valence-electron chi connectivity index (χ3n) is 2.38. The van der Waals surface area contributed by atoms with Gasteiger partial charge in [0.05, 0.1) is 13.2 Å². The zero-order chi connectivity index (χ0) is 16.8. The Morgan fingerprint density at radius 2 is 1.64 bits per heavy atom. The van der Waals surface area contributed by atoms with Gasteiger partial charge in [-0.1, -0.05) is 13.8 Å². The van der Waals surface area contributed by atoms with E-state index >= 15 is 0 Å². The summed E-state index contributed by atoms with van der Waals surface area (Å²) >= 11 is 0. The van der Waals surface area contributed by atoms with Crippen LogP contribution in [0.25, 0.3) is 0 Å². The predicted molar refractivity (Wildman–Crippen MR) is 81.3 cm³/mol. The van der Waals surface area contributed by atoms with Gasteiger partial charge in [-0.05, 0) is 12.8 Å². The van der Waals surface area contributed by atoms with Crippen LogP contribution in [0.4, 0.5) is 4.79 Å². The summed E-state index contributed by atoms with van der Waals surface area (Å²) in [5, 5.41) is 7.73. The molecular weight excluding hydrogens is 290 g/mol. The second-order valence-corrected chi connectivity index (χ2v) is 5.00. The minimum Gasteiger partial charge on any atom is -0.447 e. The fourth-order valence-electron chi connectivity index (χ4n) is 1.34. The monoisotopic (exact) mass is 317 g/mol. The first kappa shape index (κ1) is 20.2. The van der Waals surface area contributed by atoms with Gasteiger partial charge in [0.1, 0.15) is 13.0 Å². The molecule has 3 N–H and O–H groups in total. The second kappa shape index (κ2) is 12.9.